The SMILES string of the molecule is CC(C)(O)CSc1cc(F)ccc1N. The highest BCUT2D eigenvalue weighted by atomic mass is 32.2. The van der Waals surface area contributed by atoms with E-state index in [-0.39, 0.29) is 5.82 Å². The number of hydrogen-bond donors (Lipinski definition) is 2. The predicted molar refractivity (Wildman–Crippen MR) is 57.8 cm³/mol. The molecule has 14 heavy (non-hydrogen) atoms. The normalized spacial score (nSPS) is 11.7. The largest absolute Gasteiger partial charge is 0.398 e. The van der Waals surface area contributed by atoms with Crippen LogP contribution in [0.4, 0.5) is 10.1 Å². The van der Waals surface area contributed by atoms with Gasteiger partial charge < -0.3 is 10.8 Å². The molecule has 78 valence electrons. The first-order valence-corrected chi connectivity index (χ1v) is 5.27. The zero-order valence-electron chi connectivity index (χ0n) is 8.25. The summed E-state index contributed by atoms with van der Waals surface area (Å²) in [7, 11) is 0. The van der Waals surface area contributed by atoms with E-state index >= 15 is 0 Å². The molecular weight excluding hydrogens is 201 g/mol. The third kappa shape index (κ3) is 3.55. The van der Waals surface area contributed by atoms with E-state index in [9.17, 15) is 9.50 Å². The molecule has 3 N–H and O–H groups in total. The van der Waals surface area contributed by atoms with Crippen LogP contribution in [0.5, 0.6) is 0 Å². The number of nitrogens with two attached hydrogens (primary N) is 1. The Labute approximate surface area is 87.3 Å². The molecule has 0 atom stereocenters. The first-order chi connectivity index (χ1) is 6.38. The summed E-state index contributed by atoms with van der Waals surface area (Å²) < 4.78 is 12.8. The predicted octanol–water partition coefficient (Wildman–Crippen LogP) is 2.27. The van der Waals surface area contributed by atoms with Crippen LogP contribution in [0.25, 0.3) is 0 Å². The van der Waals surface area contributed by atoms with E-state index in [1.807, 2.05) is 0 Å². The van der Waals surface area contributed by atoms with Crippen LogP contribution in [0, 0.1) is 5.82 Å². The van der Waals surface area contributed by atoms with Crippen molar-refractivity contribution in [2.75, 3.05) is 11.5 Å². The number of nitrogen functional groups attached to an aromatic ring is 1. The van der Waals surface area contributed by atoms with Crippen molar-refractivity contribution in [3.05, 3.63) is 24.0 Å². The highest BCUT2D eigenvalue weighted by Gasteiger charge is 2.13. The minimum atomic E-state index is -0.774. The van der Waals surface area contributed by atoms with Crippen LogP contribution in [0.2, 0.25) is 0 Å². The van der Waals surface area contributed by atoms with Crippen molar-refractivity contribution in [3.8, 4) is 0 Å². The van der Waals surface area contributed by atoms with E-state index in [1.165, 1.54) is 30.0 Å². The Kier molecular flexibility index (Phi) is 3.39. The van der Waals surface area contributed by atoms with Crippen molar-refractivity contribution in [2.45, 2.75) is 24.3 Å². The maximum atomic E-state index is 12.8. The molecule has 0 aliphatic rings. The van der Waals surface area contributed by atoms with E-state index in [2.05, 4.69) is 0 Å². The Bertz CT molecular complexity index is 322. The zero-order valence-corrected chi connectivity index (χ0v) is 9.07. The van der Waals surface area contributed by atoms with Gasteiger partial charge in [-0.2, -0.15) is 0 Å². The molecule has 0 saturated heterocycles. The summed E-state index contributed by atoms with van der Waals surface area (Å²) in [6.45, 7) is 3.41. The van der Waals surface area contributed by atoms with E-state index in [1.54, 1.807) is 13.8 Å². The highest BCUT2D eigenvalue weighted by molar-refractivity contribution is 7.99. The van der Waals surface area contributed by atoms with Crippen molar-refractivity contribution in [1.82, 2.24) is 0 Å². The number of rotatable bonds is 3. The fourth-order valence-electron chi connectivity index (χ4n) is 0.888. The summed E-state index contributed by atoms with van der Waals surface area (Å²) in [5.74, 6) is 0.179. The van der Waals surface area contributed by atoms with Gasteiger partial charge in [-0.05, 0) is 32.0 Å². The molecule has 0 aliphatic heterocycles. The van der Waals surface area contributed by atoms with Crippen LogP contribution in [-0.2, 0) is 0 Å². The minimum Gasteiger partial charge on any atom is -0.398 e. The van der Waals surface area contributed by atoms with Crippen LogP contribution in [0.1, 0.15) is 13.8 Å². The molecule has 2 nitrogen and oxygen atoms in total. The highest BCUT2D eigenvalue weighted by Crippen LogP contribution is 2.28. The van der Waals surface area contributed by atoms with Gasteiger partial charge in [0.2, 0.25) is 0 Å². The molecule has 0 saturated carbocycles. The van der Waals surface area contributed by atoms with E-state index in [0.717, 1.165) is 0 Å². The average molecular weight is 215 g/mol. The van der Waals surface area contributed by atoms with Gasteiger partial charge in [-0.3, -0.25) is 0 Å². The van der Waals surface area contributed by atoms with Crippen molar-refractivity contribution < 1.29 is 9.50 Å². The van der Waals surface area contributed by atoms with E-state index in [4.69, 9.17) is 5.73 Å². The quantitative estimate of drug-likeness (QED) is 0.600. The monoisotopic (exact) mass is 215 g/mol. The van der Waals surface area contributed by atoms with Gasteiger partial charge >= 0.3 is 0 Å². The van der Waals surface area contributed by atoms with Crippen LogP contribution < -0.4 is 5.73 Å². The van der Waals surface area contributed by atoms with Crippen LogP contribution >= 0.6 is 11.8 Å². The Hall–Kier alpha value is -0.740. The molecule has 4 heteroatoms. The molecule has 0 spiro atoms. The zero-order chi connectivity index (χ0) is 10.8. The molecule has 0 fully saturated rings. The summed E-state index contributed by atoms with van der Waals surface area (Å²) in [6.07, 6.45) is 0. The summed E-state index contributed by atoms with van der Waals surface area (Å²) in [6, 6.07) is 4.23. The lowest BCUT2D eigenvalue weighted by molar-refractivity contribution is 0.107. The Morgan fingerprint density at radius 3 is 2.71 bits per heavy atom. The second-order valence-electron chi connectivity index (χ2n) is 3.78. The van der Waals surface area contributed by atoms with Crippen LogP contribution in [-0.4, -0.2) is 16.5 Å². The number of hydrogen-bond acceptors (Lipinski definition) is 3. The molecule has 0 heterocycles. The van der Waals surface area contributed by atoms with Gasteiger partial charge in [-0.1, -0.05) is 0 Å². The van der Waals surface area contributed by atoms with Gasteiger partial charge in [0.1, 0.15) is 5.82 Å². The van der Waals surface area contributed by atoms with Crippen molar-refractivity contribution in [3.63, 3.8) is 0 Å². The van der Waals surface area contributed by atoms with E-state index in [0.29, 0.717) is 16.3 Å². The molecule has 0 aliphatic carbocycles. The molecular formula is C10H14FNOS. The fraction of sp³-hybridized carbons (Fsp3) is 0.400. The first kappa shape index (κ1) is 11.3. The third-order valence-electron chi connectivity index (χ3n) is 1.56. The molecule has 0 radical (unpaired) electrons. The number of benzene rings is 1. The van der Waals surface area contributed by atoms with Crippen molar-refractivity contribution >= 4 is 17.4 Å². The summed E-state index contributed by atoms with van der Waals surface area (Å²) in [5.41, 5.74) is 5.42. The second kappa shape index (κ2) is 4.19. The number of thioether (sulfide) groups is 1. The third-order valence-corrected chi connectivity index (χ3v) is 3.07. The van der Waals surface area contributed by atoms with Gasteiger partial charge in [0.15, 0.2) is 0 Å². The van der Waals surface area contributed by atoms with E-state index < -0.39 is 5.60 Å². The molecule has 0 aromatic heterocycles. The number of aliphatic hydroxyl groups is 1. The molecule has 0 unspecified atom stereocenters. The Morgan fingerprint density at radius 2 is 2.14 bits per heavy atom. The number of anilines is 1. The van der Waals surface area contributed by atoms with Crippen LogP contribution in [0.15, 0.2) is 23.1 Å². The average Bonchev–Trinajstić information content (AvgIpc) is 2.05. The summed E-state index contributed by atoms with van der Waals surface area (Å²) in [4.78, 5) is 0.673. The van der Waals surface area contributed by atoms with Gasteiger partial charge in [0.25, 0.3) is 0 Å². The Balaban J connectivity index is 2.72. The van der Waals surface area contributed by atoms with Crippen molar-refractivity contribution in [1.29, 1.82) is 0 Å². The standard InChI is InChI=1S/C10H14FNOS/c1-10(2,13)6-14-9-5-7(11)3-4-8(9)12/h3-5,13H,6,12H2,1-2H3. The smallest absolute Gasteiger partial charge is 0.124 e. The second-order valence-corrected chi connectivity index (χ2v) is 4.80. The molecule has 1 aromatic carbocycles. The topological polar surface area (TPSA) is 46.2 Å². The maximum Gasteiger partial charge on any atom is 0.124 e. The lowest BCUT2D eigenvalue weighted by atomic mass is 10.2. The summed E-state index contributed by atoms with van der Waals surface area (Å²) >= 11 is 1.35. The first-order valence-electron chi connectivity index (χ1n) is 4.29. The lowest BCUT2D eigenvalue weighted by Gasteiger charge is -2.16. The molecule has 1 rings (SSSR count). The molecule has 0 bridgehead atoms. The van der Waals surface area contributed by atoms with Gasteiger partial charge in [-0.15, -0.1) is 11.8 Å². The summed E-state index contributed by atoms with van der Waals surface area (Å²) in [5, 5.41) is 9.48. The van der Waals surface area contributed by atoms with Crippen LogP contribution in [0.3, 0.4) is 0 Å². The molecule has 0 amide bonds. The number of halogens is 1. The van der Waals surface area contributed by atoms with Gasteiger partial charge in [-0.25, -0.2) is 4.39 Å². The van der Waals surface area contributed by atoms with Crippen molar-refractivity contribution in [2.24, 2.45) is 0 Å². The minimum absolute atomic E-state index is 0.308. The molecule has 1 aromatic rings. The lowest BCUT2D eigenvalue weighted by Crippen LogP contribution is -2.21. The fourth-order valence-corrected chi connectivity index (χ4v) is 1.83. The Morgan fingerprint density at radius 1 is 1.50 bits per heavy atom. The maximum absolute atomic E-state index is 12.8. The van der Waals surface area contributed by atoms with Gasteiger partial charge in [0.05, 0.1) is 5.60 Å². The van der Waals surface area contributed by atoms with Gasteiger partial charge in [0, 0.05) is 16.3 Å².